The molecular formula is C21H23N3O3. The average molecular weight is 365 g/mol. The fourth-order valence-electron chi connectivity index (χ4n) is 3.93. The van der Waals surface area contributed by atoms with Crippen LogP contribution in [0.15, 0.2) is 48.5 Å². The minimum absolute atomic E-state index is 0.0418. The van der Waals surface area contributed by atoms with Gasteiger partial charge < -0.3 is 20.7 Å². The molecule has 2 aliphatic rings. The number of fused-ring (bicyclic) bond motifs is 2. The van der Waals surface area contributed by atoms with E-state index in [2.05, 4.69) is 10.2 Å². The van der Waals surface area contributed by atoms with Crippen LogP contribution in [0.4, 0.5) is 0 Å². The van der Waals surface area contributed by atoms with E-state index in [1.54, 1.807) is 48.5 Å². The van der Waals surface area contributed by atoms with Crippen molar-refractivity contribution in [3.8, 4) is 11.5 Å². The molecule has 3 atom stereocenters. The lowest BCUT2D eigenvalue weighted by Gasteiger charge is -2.30. The van der Waals surface area contributed by atoms with Crippen molar-refractivity contribution in [2.24, 2.45) is 11.7 Å². The quantitative estimate of drug-likeness (QED) is 0.852. The van der Waals surface area contributed by atoms with Gasteiger partial charge in [0.2, 0.25) is 5.91 Å². The molecule has 2 saturated heterocycles. The van der Waals surface area contributed by atoms with Gasteiger partial charge in [0.1, 0.15) is 11.5 Å². The van der Waals surface area contributed by atoms with Crippen LogP contribution < -0.4 is 15.8 Å². The van der Waals surface area contributed by atoms with Crippen LogP contribution in [0.2, 0.25) is 0 Å². The Labute approximate surface area is 158 Å². The SMILES string of the molecule is NC(=O)c1ccc(Oc2ccc(C(=O)N[C@@H]3C[C@@H]4CCN(C4)C3)cc2)cc1. The maximum atomic E-state index is 12.5. The highest BCUT2D eigenvalue weighted by Crippen LogP contribution is 2.27. The molecule has 2 aliphatic heterocycles. The Morgan fingerprint density at radius 1 is 0.963 bits per heavy atom. The summed E-state index contributed by atoms with van der Waals surface area (Å²) in [4.78, 5) is 26.0. The summed E-state index contributed by atoms with van der Waals surface area (Å²) in [6, 6.07) is 13.9. The molecule has 0 radical (unpaired) electrons. The molecule has 2 heterocycles. The number of carbonyl (C=O) groups is 2. The van der Waals surface area contributed by atoms with E-state index >= 15 is 0 Å². The van der Waals surface area contributed by atoms with Gasteiger partial charge in [-0.05, 0) is 73.8 Å². The molecule has 6 nitrogen and oxygen atoms in total. The Hall–Kier alpha value is -2.86. The highest BCUT2D eigenvalue weighted by atomic mass is 16.5. The zero-order valence-electron chi connectivity index (χ0n) is 15.1. The predicted octanol–water partition coefficient (Wildman–Crippen LogP) is 2.40. The number of rotatable bonds is 5. The van der Waals surface area contributed by atoms with Crippen molar-refractivity contribution in [2.75, 3.05) is 19.6 Å². The molecule has 2 aromatic rings. The first-order valence-electron chi connectivity index (χ1n) is 9.28. The van der Waals surface area contributed by atoms with Gasteiger partial charge in [-0.1, -0.05) is 0 Å². The summed E-state index contributed by atoms with van der Waals surface area (Å²) in [5.41, 5.74) is 6.28. The Balaban J connectivity index is 1.35. The maximum Gasteiger partial charge on any atom is 0.251 e. The molecule has 0 aromatic heterocycles. The van der Waals surface area contributed by atoms with Crippen molar-refractivity contribution in [1.82, 2.24) is 10.2 Å². The number of ether oxygens (including phenoxy) is 1. The summed E-state index contributed by atoms with van der Waals surface area (Å²) in [5, 5.41) is 3.16. The van der Waals surface area contributed by atoms with E-state index in [1.165, 1.54) is 13.0 Å². The van der Waals surface area contributed by atoms with Gasteiger partial charge in [0, 0.05) is 30.3 Å². The molecule has 3 N–H and O–H groups in total. The summed E-state index contributed by atoms with van der Waals surface area (Å²) in [6.45, 7) is 3.28. The summed E-state index contributed by atoms with van der Waals surface area (Å²) in [6.07, 6.45) is 2.32. The third kappa shape index (κ3) is 4.11. The molecule has 1 unspecified atom stereocenters. The van der Waals surface area contributed by atoms with Gasteiger partial charge in [0.05, 0.1) is 0 Å². The van der Waals surface area contributed by atoms with Gasteiger partial charge in [-0.15, -0.1) is 0 Å². The number of amides is 2. The van der Waals surface area contributed by atoms with E-state index in [0.29, 0.717) is 22.6 Å². The number of piperidine rings is 1. The van der Waals surface area contributed by atoms with Crippen LogP contribution in [0.25, 0.3) is 0 Å². The zero-order chi connectivity index (χ0) is 18.8. The van der Waals surface area contributed by atoms with Gasteiger partial charge >= 0.3 is 0 Å². The van der Waals surface area contributed by atoms with Crippen LogP contribution in [0.3, 0.4) is 0 Å². The minimum Gasteiger partial charge on any atom is -0.457 e. The summed E-state index contributed by atoms with van der Waals surface area (Å²) < 4.78 is 5.74. The number of carbonyl (C=O) groups excluding carboxylic acids is 2. The average Bonchev–Trinajstić information content (AvgIpc) is 3.01. The Morgan fingerprint density at radius 2 is 1.59 bits per heavy atom. The first-order valence-corrected chi connectivity index (χ1v) is 9.28. The van der Waals surface area contributed by atoms with E-state index in [4.69, 9.17) is 10.5 Å². The van der Waals surface area contributed by atoms with E-state index in [9.17, 15) is 9.59 Å². The first kappa shape index (κ1) is 17.5. The van der Waals surface area contributed by atoms with Gasteiger partial charge in [-0.25, -0.2) is 0 Å². The number of nitrogens with zero attached hydrogens (tertiary/aromatic N) is 1. The van der Waals surface area contributed by atoms with E-state index in [1.807, 2.05) is 0 Å². The third-order valence-corrected chi connectivity index (χ3v) is 5.29. The monoisotopic (exact) mass is 365 g/mol. The van der Waals surface area contributed by atoms with Crippen molar-refractivity contribution < 1.29 is 14.3 Å². The fraction of sp³-hybridized carbons (Fsp3) is 0.333. The van der Waals surface area contributed by atoms with Crippen LogP contribution in [0, 0.1) is 5.92 Å². The molecule has 140 valence electrons. The van der Waals surface area contributed by atoms with Crippen LogP contribution in [0.1, 0.15) is 33.6 Å². The first-order chi connectivity index (χ1) is 13.1. The lowest BCUT2D eigenvalue weighted by molar-refractivity contribution is 0.0908. The Bertz CT molecular complexity index is 821. The highest BCUT2D eigenvalue weighted by Gasteiger charge is 2.32. The van der Waals surface area contributed by atoms with Crippen molar-refractivity contribution in [2.45, 2.75) is 18.9 Å². The summed E-state index contributed by atoms with van der Waals surface area (Å²) in [7, 11) is 0. The number of hydrogen-bond donors (Lipinski definition) is 2. The summed E-state index contributed by atoms with van der Waals surface area (Å²) >= 11 is 0. The maximum absolute atomic E-state index is 12.5. The van der Waals surface area contributed by atoms with E-state index in [0.717, 1.165) is 25.4 Å². The lowest BCUT2D eigenvalue weighted by atomic mass is 9.96. The topological polar surface area (TPSA) is 84.7 Å². The predicted molar refractivity (Wildman–Crippen MR) is 102 cm³/mol. The van der Waals surface area contributed by atoms with Crippen molar-refractivity contribution in [3.63, 3.8) is 0 Å². The molecule has 4 rings (SSSR count). The minimum atomic E-state index is -0.473. The second-order valence-corrected chi connectivity index (χ2v) is 7.34. The largest absolute Gasteiger partial charge is 0.457 e. The Morgan fingerprint density at radius 3 is 2.19 bits per heavy atom. The number of nitrogens with one attached hydrogen (secondary N) is 1. The molecule has 2 fully saturated rings. The van der Waals surface area contributed by atoms with Gasteiger partial charge in [0.15, 0.2) is 0 Å². The molecule has 0 aliphatic carbocycles. The molecule has 2 aromatic carbocycles. The van der Waals surface area contributed by atoms with Crippen molar-refractivity contribution in [1.29, 1.82) is 0 Å². The lowest BCUT2D eigenvalue weighted by Crippen LogP contribution is -2.46. The molecule has 0 spiro atoms. The van der Waals surface area contributed by atoms with Crippen LogP contribution in [-0.4, -0.2) is 42.4 Å². The number of nitrogens with two attached hydrogens (primary N) is 1. The van der Waals surface area contributed by atoms with Crippen molar-refractivity contribution >= 4 is 11.8 Å². The molecule has 6 heteroatoms. The molecule has 0 saturated carbocycles. The number of primary amides is 1. The van der Waals surface area contributed by atoms with E-state index < -0.39 is 5.91 Å². The van der Waals surface area contributed by atoms with Crippen LogP contribution in [-0.2, 0) is 0 Å². The van der Waals surface area contributed by atoms with Crippen molar-refractivity contribution in [3.05, 3.63) is 59.7 Å². The van der Waals surface area contributed by atoms with E-state index in [-0.39, 0.29) is 11.9 Å². The zero-order valence-corrected chi connectivity index (χ0v) is 15.1. The van der Waals surface area contributed by atoms with Gasteiger partial charge in [0.25, 0.3) is 5.91 Å². The molecular weight excluding hydrogens is 342 g/mol. The van der Waals surface area contributed by atoms with Crippen LogP contribution in [0.5, 0.6) is 11.5 Å². The smallest absolute Gasteiger partial charge is 0.251 e. The fourth-order valence-corrected chi connectivity index (χ4v) is 3.93. The second-order valence-electron chi connectivity index (χ2n) is 7.34. The molecule has 2 bridgehead atoms. The van der Waals surface area contributed by atoms with Crippen LogP contribution >= 0.6 is 0 Å². The van der Waals surface area contributed by atoms with Gasteiger partial charge in [-0.3, -0.25) is 9.59 Å². The normalized spacial score (nSPS) is 23.6. The Kier molecular flexibility index (Phi) is 4.81. The molecule has 2 amide bonds. The number of hydrogen-bond acceptors (Lipinski definition) is 4. The second kappa shape index (κ2) is 7.40. The summed E-state index contributed by atoms with van der Waals surface area (Å²) in [5.74, 6) is 1.43. The highest BCUT2D eigenvalue weighted by molar-refractivity contribution is 5.94. The van der Waals surface area contributed by atoms with Gasteiger partial charge in [-0.2, -0.15) is 0 Å². The number of benzene rings is 2. The third-order valence-electron chi connectivity index (χ3n) is 5.29. The molecule has 27 heavy (non-hydrogen) atoms. The standard InChI is InChI=1S/C21H23N3O3/c22-20(25)15-1-5-18(6-2-15)27-19-7-3-16(4-8-19)21(26)23-17-11-14-9-10-24(12-14)13-17/h1-8,14,17H,9-13H2,(H2,22,25)(H,23,26)/t14-,17+/m0/s1.